The van der Waals surface area contributed by atoms with Gasteiger partial charge in [0.15, 0.2) is 0 Å². The number of hydrogen-bond donors (Lipinski definition) is 2. The van der Waals surface area contributed by atoms with Gasteiger partial charge in [0.2, 0.25) is 10.0 Å². The van der Waals surface area contributed by atoms with Gasteiger partial charge in [0.05, 0.1) is 12.0 Å². The molecule has 0 aliphatic rings. The average molecular weight is 427 g/mol. The van der Waals surface area contributed by atoms with Crippen LogP contribution in [-0.4, -0.2) is 27.0 Å². The summed E-state index contributed by atoms with van der Waals surface area (Å²) in [4.78, 5) is 12.6. The third kappa shape index (κ3) is 5.37. The van der Waals surface area contributed by atoms with Crippen molar-refractivity contribution in [3.05, 3.63) is 71.8 Å². The van der Waals surface area contributed by atoms with E-state index in [4.69, 9.17) is 4.74 Å². The van der Waals surface area contributed by atoms with Crippen molar-refractivity contribution in [3.8, 4) is 5.75 Å². The van der Waals surface area contributed by atoms with Crippen LogP contribution in [0.25, 0.3) is 10.8 Å². The number of sulfonamides is 1. The van der Waals surface area contributed by atoms with E-state index in [9.17, 15) is 13.2 Å². The molecule has 0 radical (unpaired) electrons. The zero-order valence-electron chi connectivity index (χ0n) is 17.5. The summed E-state index contributed by atoms with van der Waals surface area (Å²) in [6.45, 7) is 5.69. The van der Waals surface area contributed by atoms with Gasteiger partial charge in [-0.2, -0.15) is 0 Å². The summed E-state index contributed by atoms with van der Waals surface area (Å²) < 4.78 is 32.6. The van der Waals surface area contributed by atoms with Gasteiger partial charge in [-0.1, -0.05) is 18.2 Å². The van der Waals surface area contributed by atoms with E-state index < -0.39 is 15.6 Å². The van der Waals surface area contributed by atoms with E-state index >= 15 is 0 Å². The van der Waals surface area contributed by atoms with Crippen molar-refractivity contribution in [2.75, 3.05) is 7.11 Å². The number of nitrogens with one attached hydrogen (secondary N) is 2. The van der Waals surface area contributed by atoms with Crippen molar-refractivity contribution >= 4 is 26.7 Å². The van der Waals surface area contributed by atoms with Gasteiger partial charge in [0.1, 0.15) is 5.75 Å². The van der Waals surface area contributed by atoms with E-state index in [-0.39, 0.29) is 10.8 Å². The van der Waals surface area contributed by atoms with Gasteiger partial charge >= 0.3 is 0 Å². The second kappa shape index (κ2) is 8.45. The maximum atomic E-state index is 12.5. The molecule has 0 bridgehead atoms. The first-order chi connectivity index (χ1) is 14.1. The molecule has 0 aliphatic carbocycles. The van der Waals surface area contributed by atoms with Crippen LogP contribution in [0.5, 0.6) is 5.75 Å². The highest BCUT2D eigenvalue weighted by atomic mass is 32.2. The Kier molecular flexibility index (Phi) is 6.14. The maximum absolute atomic E-state index is 12.5. The van der Waals surface area contributed by atoms with Gasteiger partial charge in [0, 0.05) is 17.6 Å². The van der Waals surface area contributed by atoms with Gasteiger partial charge in [0.25, 0.3) is 5.91 Å². The third-order valence-corrected chi connectivity index (χ3v) is 6.21. The molecule has 0 heterocycles. The van der Waals surface area contributed by atoms with Gasteiger partial charge < -0.3 is 10.1 Å². The molecule has 158 valence electrons. The molecule has 0 saturated carbocycles. The van der Waals surface area contributed by atoms with E-state index in [0.29, 0.717) is 12.1 Å². The first-order valence-electron chi connectivity index (χ1n) is 9.56. The Hall–Kier alpha value is -2.90. The van der Waals surface area contributed by atoms with Crippen LogP contribution in [0, 0.1) is 0 Å². The minimum atomic E-state index is -3.63. The molecule has 2 N–H and O–H groups in total. The second-order valence-corrected chi connectivity index (χ2v) is 9.79. The largest absolute Gasteiger partial charge is 0.497 e. The summed E-state index contributed by atoms with van der Waals surface area (Å²) in [5, 5.41) is 4.99. The Balaban J connectivity index is 1.67. The molecule has 3 aromatic carbocycles. The molecule has 3 aromatic rings. The van der Waals surface area contributed by atoms with Gasteiger partial charge in [-0.3, -0.25) is 4.79 Å². The summed E-state index contributed by atoms with van der Waals surface area (Å²) >= 11 is 0. The summed E-state index contributed by atoms with van der Waals surface area (Å²) in [5.74, 6) is 0.532. The Morgan fingerprint density at radius 1 is 0.933 bits per heavy atom. The lowest BCUT2D eigenvalue weighted by atomic mass is 10.1. The number of carbonyl (C=O) groups is 1. The van der Waals surface area contributed by atoms with Crippen LogP contribution in [0.3, 0.4) is 0 Å². The number of hydrogen-bond acceptors (Lipinski definition) is 4. The topological polar surface area (TPSA) is 84.5 Å². The molecule has 7 heteroatoms. The molecular weight excluding hydrogens is 400 g/mol. The van der Waals surface area contributed by atoms with Crippen molar-refractivity contribution in [3.63, 3.8) is 0 Å². The van der Waals surface area contributed by atoms with Crippen LogP contribution in [-0.2, 0) is 16.6 Å². The fraction of sp³-hybridized carbons (Fsp3) is 0.261. The third-order valence-electron chi connectivity index (χ3n) is 4.43. The molecule has 1 amide bonds. The quantitative estimate of drug-likeness (QED) is 0.627. The normalized spacial score (nSPS) is 12.0. The van der Waals surface area contributed by atoms with Crippen molar-refractivity contribution in [1.29, 1.82) is 0 Å². The van der Waals surface area contributed by atoms with E-state index in [1.807, 2.05) is 36.4 Å². The van der Waals surface area contributed by atoms with Gasteiger partial charge in [-0.05, 0) is 79.6 Å². The Labute approximate surface area is 177 Å². The zero-order valence-corrected chi connectivity index (χ0v) is 18.3. The SMILES string of the molecule is COc1ccc2cc(CNC(=O)c3ccc(S(=O)(=O)NC(C)(C)C)cc3)ccc2c1. The van der Waals surface area contributed by atoms with Crippen LogP contribution in [0.15, 0.2) is 65.6 Å². The van der Waals surface area contributed by atoms with Crippen LogP contribution in [0.2, 0.25) is 0 Å². The molecule has 0 aliphatic heterocycles. The van der Waals surface area contributed by atoms with Crippen molar-refractivity contribution in [2.45, 2.75) is 37.8 Å². The predicted molar refractivity (Wildman–Crippen MR) is 118 cm³/mol. The number of methoxy groups -OCH3 is 1. The zero-order chi connectivity index (χ0) is 21.9. The first kappa shape index (κ1) is 21.8. The van der Waals surface area contributed by atoms with E-state index in [1.54, 1.807) is 27.9 Å². The van der Waals surface area contributed by atoms with Crippen molar-refractivity contribution in [1.82, 2.24) is 10.0 Å². The lowest BCUT2D eigenvalue weighted by Crippen LogP contribution is -2.40. The van der Waals surface area contributed by atoms with Crippen molar-refractivity contribution in [2.24, 2.45) is 0 Å². The molecule has 0 aromatic heterocycles. The summed E-state index contributed by atoms with van der Waals surface area (Å²) in [5.41, 5.74) is 0.782. The fourth-order valence-corrected chi connectivity index (χ4v) is 4.46. The molecule has 0 unspecified atom stereocenters. The highest BCUT2D eigenvalue weighted by Gasteiger charge is 2.22. The highest BCUT2D eigenvalue weighted by molar-refractivity contribution is 7.89. The fourth-order valence-electron chi connectivity index (χ4n) is 3.04. The molecular formula is C23H26N2O4S. The minimum absolute atomic E-state index is 0.124. The monoisotopic (exact) mass is 426 g/mol. The van der Waals surface area contributed by atoms with Gasteiger partial charge in [-0.25, -0.2) is 13.1 Å². The van der Waals surface area contributed by atoms with Crippen LogP contribution in [0.4, 0.5) is 0 Å². The van der Waals surface area contributed by atoms with Crippen LogP contribution >= 0.6 is 0 Å². The number of benzene rings is 3. The van der Waals surface area contributed by atoms with Crippen LogP contribution in [0.1, 0.15) is 36.7 Å². The lowest BCUT2D eigenvalue weighted by Gasteiger charge is -2.20. The van der Waals surface area contributed by atoms with Crippen LogP contribution < -0.4 is 14.8 Å². The Morgan fingerprint density at radius 3 is 2.20 bits per heavy atom. The Morgan fingerprint density at radius 2 is 1.57 bits per heavy atom. The minimum Gasteiger partial charge on any atom is -0.497 e. The maximum Gasteiger partial charge on any atom is 0.251 e. The van der Waals surface area contributed by atoms with E-state index in [2.05, 4.69) is 10.0 Å². The Bertz CT molecular complexity index is 1160. The predicted octanol–water partition coefficient (Wildman–Crippen LogP) is 3.86. The number of ether oxygens (including phenoxy) is 1. The number of amides is 1. The molecule has 6 nitrogen and oxygen atoms in total. The highest BCUT2D eigenvalue weighted by Crippen LogP contribution is 2.22. The number of fused-ring (bicyclic) bond motifs is 1. The average Bonchev–Trinajstić information content (AvgIpc) is 2.69. The number of carbonyl (C=O) groups excluding carboxylic acids is 1. The molecule has 0 saturated heterocycles. The van der Waals surface area contributed by atoms with Crippen molar-refractivity contribution < 1.29 is 17.9 Å². The smallest absolute Gasteiger partial charge is 0.251 e. The standard InChI is InChI=1S/C23H26N2O4S/c1-23(2,3)25-30(27,28)21-11-8-17(9-12-21)22(26)24-15-16-5-6-19-14-20(29-4)10-7-18(19)13-16/h5-14,25H,15H2,1-4H3,(H,24,26). The molecule has 30 heavy (non-hydrogen) atoms. The van der Waals surface area contributed by atoms with Gasteiger partial charge in [-0.15, -0.1) is 0 Å². The first-order valence-corrected chi connectivity index (χ1v) is 11.0. The van der Waals surface area contributed by atoms with E-state index in [0.717, 1.165) is 22.1 Å². The summed E-state index contributed by atoms with van der Waals surface area (Å²) in [6.07, 6.45) is 0. The molecule has 0 spiro atoms. The second-order valence-electron chi connectivity index (χ2n) is 8.11. The summed E-state index contributed by atoms with van der Waals surface area (Å²) in [7, 11) is -2.00. The number of rotatable bonds is 6. The van der Waals surface area contributed by atoms with E-state index in [1.165, 1.54) is 24.3 Å². The summed E-state index contributed by atoms with van der Waals surface area (Å²) in [6, 6.07) is 17.7. The molecule has 0 fully saturated rings. The molecule has 0 atom stereocenters. The lowest BCUT2D eigenvalue weighted by molar-refractivity contribution is 0.0951. The molecule has 3 rings (SSSR count).